The van der Waals surface area contributed by atoms with Crippen molar-refractivity contribution in [3.8, 4) is 0 Å². The van der Waals surface area contributed by atoms with Crippen molar-refractivity contribution in [2.24, 2.45) is 5.73 Å². The average Bonchev–Trinajstić information content (AvgIpc) is 2.71. The Morgan fingerprint density at radius 1 is 1.47 bits per heavy atom. The van der Waals surface area contributed by atoms with Gasteiger partial charge in [0.1, 0.15) is 0 Å². The van der Waals surface area contributed by atoms with Crippen LogP contribution < -0.4 is 5.73 Å². The summed E-state index contributed by atoms with van der Waals surface area (Å²) >= 11 is 1.82. The molecule has 1 aromatic rings. The van der Waals surface area contributed by atoms with E-state index in [0.717, 1.165) is 12.8 Å². The Morgan fingerprint density at radius 2 is 2.20 bits per heavy atom. The summed E-state index contributed by atoms with van der Waals surface area (Å²) in [5.41, 5.74) is 7.53. The molecule has 1 fully saturated rings. The number of hydrogen-bond donors (Lipinski definition) is 1. The minimum Gasteiger partial charge on any atom is -0.373 e. The maximum Gasteiger partial charge on any atom is 0.0772 e. The number of thiophene rings is 1. The molecule has 0 radical (unpaired) electrons. The van der Waals surface area contributed by atoms with Crippen LogP contribution in [0.3, 0.4) is 0 Å². The van der Waals surface area contributed by atoms with E-state index in [9.17, 15) is 0 Å². The minimum atomic E-state index is 0.0555. The van der Waals surface area contributed by atoms with Crippen molar-refractivity contribution in [1.82, 2.24) is 0 Å². The fourth-order valence-corrected chi connectivity index (χ4v) is 3.26. The van der Waals surface area contributed by atoms with E-state index in [0.29, 0.717) is 6.10 Å². The van der Waals surface area contributed by atoms with Gasteiger partial charge in [-0.2, -0.15) is 0 Å². The molecule has 1 saturated heterocycles. The summed E-state index contributed by atoms with van der Waals surface area (Å²) in [5.74, 6) is 0. The van der Waals surface area contributed by atoms with E-state index in [1.165, 1.54) is 15.3 Å². The SMILES string of the molecule is Cc1cc(C(N)C2CCC(C)O2)c(C)s1. The topological polar surface area (TPSA) is 35.2 Å². The van der Waals surface area contributed by atoms with Crippen molar-refractivity contribution >= 4 is 11.3 Å². The molecule has 84 valence electrons. The van der Waals surface area contributed by atoms with Crippen molar-refractivity contribution in [3.63, 3.8) is 0 Å². The van der Waals surface area contributed by atoms with Crippen LogP contribution in [0.4, 0.5) is 0 Å². The second kappa shape index (κ2) is 4.24. The molecular weight excluding hydrogens is 206 g/mol. The molecule has 2 rings (SSSR count). The normalized spacial score (nSPS) is 28.3. The zero-order valence-corrected chi connectivity index (χ0v) is 10.4. The molecule has 0 saturated carbocycles. The largest absolute Gasteiger partial charge is 0.373 e. The van der Waals surface area contributed by atoms with Crippen molar-refractivity contribution in [3.05, 3.63) is 21.4 Å². The van der Waals surface area contributed by atoms with Crippen LogP contribution in [0.5, 0.6) is 0 Å². The Hall–Kier alpha value is -0.380. The van der Waals surface area contributed by atoms with Gasteiger partial charge in [0.2, 0.25) is 0 Å². The number of nitrogens with two attached hydrogens (primary N) is 1. The summed E-state index contributed by atoms with van der Waals surface area (Å²) in [5, 5.41) is 0. The van der Waals surface area contributed by atoms with Gasteiger partial charge in [-0.1, -0.05) is 0 Å². The third kappa shape index (κ3) is 2.25. The molecule has 0 bridgehead atoms. The molecule has 3 atom stereocenters. The number of hydrogen-bond acceptors (Lipinski definition) is 3. The van der Waals surface area contributed by atoms with Crippen molar-refractivity contribution in [1.29, 1.82) is 0 Å². The Bertz CT molecular complexity index is 347. The van der Waals surface area contributed by atoms with Crippen LogP contribution in [0, 0.1) is 13.8 Å². The first-order valence-corrected chi connectivity index (χ1v) is 6.37. The van der Waals surface area contributed by atoms with Crippen LogP contribution in [-0.4, -0.2) is 12.2 Å². The minimum absolute atomic E-state index is 0.0555. The molecule has 2 heterocycles. The van der Waals surface area contributed by atoms with E-state index in [1.54, 1.807) is 0 Å². The second-order valence-electron chi connectivity index (χ2n) is 4.46. The number of aryl methyl sites for hydroxylation is 2. The fraction of sp³-hybridized carbons (Fsp3) is 0.667. The zero-order chi connectivity index (χ0) is 11.0. The second-order valence-corrected chi connectivity index (χ2v) is 5.92. The molecule has 3 heteroatoms. The highest BCUT2D eigenvalue weighted by atomic mass is 32.1. The van der Waals surface area contributed by atoms with Crippen LogP contribution in [0.1, 0.15) is 41.1 Å². The van der Waals surface area contributed by atoms with Crippen LogP contribution in [0.15, 0.2) is 6.07 Å². The molecule has 1 aliphatic rings. The molecule has 0 spiro atoms. The maximum absolute atomic E-state index is 6.26. The van der Waals surface area contributed by atoms with Gasteiger partial charge < -0.3 is 10.5 Å². The molecule has 2 N–H and O–H groups in total. The molecule has 3 unspecified atom stereocenters. The van der Waals surface area contributed by atoms with E-state index >= 15 is 0 Å². The summed E-state index contributed by atoms with van der Waals surface area (Å²) in [6.45, 7) is 6.40. The van der Waals surface area contributed by atoms with E-state index in [1.807, 2.05) is 11.3 Å². The first-order valence-electron chi connectivity index (χ1n) is 5.56. The van der Waals surface area contributed by atoms with Gasteiger partial charge in [-0.3, -0.25) is 0 Å². The third-order valence-electron chi connectivity index (χ3n) is 3.10. The first-order chi connectivity index (χ1) is 7.08. The Morgan fingerprint density at radius 3 is 2.67 bits per heavy atom. The van der Waals surface area contributed by atoms with Gasteiger partial charge in [0.05, 0.1) is 18.2 Å². The van der Waals surface area contributed by atoms with Gasteiger partial charge in [0.25, 0.3) is 0 Å². The molecule has 0 aromatic carbocycles. The highest BCUT2D eigenvalue weighted by Crippen LogP contribution is 2.33. The van der Waals surface area contributed by atoms with E-state index < -0.39 is 0 Å². The van der Waals surface area contributed by atoms with Gasteiger partial charge in [-0.25, -0.2) is 0 Å². The van der Waals surface area contributed by atoms with Gasteiger partial charge in [-0.15, -0.1) is 11.3 Å². The summed E-state index contributed by atoms with van der Waals surface area (Å²) in [7, 11) is 0. The smallest absolute Gasteiger partial charge is 0.0772 e. The number of rotatable bonds is 2. The summed E-state index contributed by atoms with van der Waals surface area (Å²) < 4.78 is 5.82. The summed E-state index contributed by atoms with van der Waals surface area (Å²) in [6.07, 6.45) is 2.82. The average molecular weight is 225 g/mol. The maximum atomic E-state index is 6.26. The quantitative estimate of drug-likeness (QED) is 0.840. The lowest BCUT2D eigenvalue weighted by Gasteiger charge is -2.19. The molecular formula is C12H19NOS. The van der Waals surface area contributed by atoms with E-state index in [4.69, 9.17) is 10.5 Å². The van der Waals surface area contributed by atoms with Gasteiger partial charge in [0.15, 0.2) is 0 Å². The predicted octanol–water partition coefficient (Wildman–Crippen LogP) is 2.93. The fourth-order valence-electron chi connectivity index (χ4n) is 2.28. The molecule has 0 amide bonds. The molecule has 15 heavy (non-hydrogen) atoms. The van der Waals surface area contributed by atoms with Crippen LogP contribution in [0.25, 0.3) is 0 Å². The Labute approximate surface area is 95.4 Å². The lowest BCUT2D eigenvalue weighted by molar-refractivity contribution is 0.0401. The molecule has 1 aromatic heterocycles. The highest BCUT2D eigenvalue weighted by Gasteiger charge is 2.29. The van der Waals surface area contributed by atoms with Crippen molar-refractivity contribution in [2.75, 3.05) is 0 Å². The van der Waals surface area contributed by atoms with Crippen molar-refractivity contribution in [2.45, 2.75) is 51.9 Å². The molecule has 2 nitrogen and oxygen atoms in total. The lowest BCUT2D eigenvalue weighted by Crippen LogP contribution is -2.26. The lowest BCUT2D eigenvalue weighted by atomic mass is 10.0. The Kier molecular flexibility index (Phi) is 3.14. The van der Waals surface area contributed by atoms with Crippen LogP contribution in [-0.2, 0) is 4.74 Å². The third-order valence-corrected chi connectivity index (χ3v) is 4.09. The van der Waals surface area contributed by atoms with Gasteiger partial charge in [-0.05, 0) is 45.2 Å². The first kappa shape index (κ1) is 11.1. The zero-order valence-electron chi connectivity index (χ0n) is 9.62. The highest BCUT2D eigenvalue weighted by molar-refractivity contribution is 7.12. The predicted molar refractivity (Wildman–Crippen MR) is 64.3 cm³/mol. The number of ether oxygens (including phenoxy) is 1. The van der Waals surface area contributed by atoms with Gasteiger partial charge in [0, 0.05) is 9.75 Å². The standard InChI is InChI=1S/C12H19NOS/c1-7-4-5-11(14-7)12(13)10-6-8(2)15-9(10)3/h6-7,11-12H,4-5,13H2,1-3H3. The summed E-state index contributed by atoms with van der Waals surface area (Å²) in [4.78, 5) is 2.67. The van der Waals surface area contributed by atoms with Crippen molar-refractivity contribution < 1.29 is 4.74 Å². The van der Waals surface area contributed by atoms with Crippen LogP contribution in [0.2, 0.25) is 0 Å². The van der Waals surface area contributed by atoms with Gasteiger partial charge >= 0.3 is 0 Å². The molecule has 0 aliphatic carbocycles. The van der Waals surface area contributed by atoms with Crippen LogP contribution >= 0.6 is 11.3 Å². The van der Waals surface area contributed by atoms with E-state index in [2.05, 4.69) is 26.8 Å². The monoisotopic (exact) mass is 225 g/mol. The molecule has 1 aliphatic heterocycles. The van der Waals surface area contributed by atoms with E-state index in [-0.39, 0.29) is 12.1 Å². The summed E-state index contributed by atoms with van der Waals surface area (Å²) in [6, 6.07) is 2.26. The Balaban J connectivity index is 2.13.